The van der Waals surface area contributed by atoms with Gasteiger partial charge < -0.3 is 10.1 Å². The third kappa shape index (κ3) is 5.60. The van der Waals surface area contributed by atoms with Gasteiger partial charge in [-0.3, -0.25) is 4.79 Å². The molecular weight excluding hydrogens is 373 g/mol. The molecule has 28 heavy (non-hydrogen) atoms. The number of carbonyl (C=O) groups excluding carboxylic acids is 1. The number of amides is 1. The summed E-state index contributed by atoms with van der Waals surface area (Å²) in [6, 6.07) is 23.4. The number of nitrogens with one attached hydrogen (secondary N) is 1. The summed E-state index contributed by atoms with van der Waals surface area (Å²) in [6.07, 6.45) is 0.390. The van der Waals surface area contributed by atoms with Gasteiger partial charge in [0.1, 0.15) is 11.6 Å². The molecule has 3 aromatic carbocycles. The van der Waals surface area contributed by atoms with E-state index in [0.29, 0.717) is 12.2 Å². The quantitative estimate of drug-likeness (QED) is 0.531. The minimum atomic E-state index is -0.305. The van der Waals surface area contributed by atoms with Gasteiger partial charge in [0, 0.05) is 17.1 Å². The van der Waals surface area contributed by atoms with Crippen molar-refractivity contribution >= 4 is 17.7 Å². The van der Waals surface area contributed by atoms with Crippen molar-refractivity contribution in [3.63, 3.8) is 0 Å². The highest BCUT2D eigenvalue weighted by Crippen LogP contribution is 2.24. The average Bonchev–Trinajstić information content (AvgIpc) is 2.74. The average molecular weight is 395 g/mol. The van der Waals surface area contributed by atoms with Crippen molar-refractivity contribution in [1.29, 1.82) is 0 Å². The van der Waals surface area contributed by atoms with Crippen molar-refractivity contribution in [2.24, 2.45) is 0 Å². The fourth-order valence-corrected chi connectivity index (χ4v) is 3.68. The summed E-state index contributed by atoms with van der Waals surface area (Å²) >= 11 is 1.62. The minimum Gasteiger partial charge on any atom is -0.497 e. The lowest BCUT2D eigenvalue weighted by molar-refractivity contribution is -0.121. The Morgan fingerprint density at radius 3 is 2.25 bits per heavy atom. The smallest absolute Gasteiger partial charge is 0.221 e. The third-order valence-electron chi connectivity index (χ3n) is 4.30. The Kier molecular flexibility index (Phi) is 7.09. The molecule has 3 rings (SSSR count). The summed E-state index contributed by atoms with van der Waals surface area (Å²) in [5.74, 6) is 1.15. The first-order chi connectivity index (χ1) is 13.7. The van der Waals surface area contributed by atoms with E-state index in [2.05, 4.69) is 5.32 Å². The maximum atomic E-state index is 13.3. The van der Waals surface area contributed by atoms with E-state index in [1.54, 1.807) is 31.0 Å². The van der Waals surface area contributed by atoms with Gasteiger partial charge in [-0.2, -0.15) is 0 Å². The second-order valence-corrected chi connectivity index (χ2v) is 7.41. The van der Waals surface area contributed by atoms with Gasteiger partial charge in [0.05, 0.1) is 13.2 Å². The molecule has 3 aromatic rings. The zero-order valence-electron chi connectivity index (χ0n) is 15.6. The summed E-state index contributed by atoms with van der Waals surface area (Å²) in [7, 11) is 1.64. The normalized spacial score (nSPS) is 11.6. The zero-order valence-corrected chi connectivity index (χ0v) is 16.4. The number of ether oxygens (including phenoxy) is 1. The van der Waals surface area contributed by atoms with Crippen LogP contribution in [-0.4, -0.2) is 18.8 Å². The third-order valence-corrected chi connectivity index (χ3v) is 5.31. The van der Waals surface area contributed by atoms with Crippen molar-refractivity contribution in [3.05, 3.63) is 95.8 Å². The van der Waals surface area contributed by atoms with E-state index in [-0.39, 0.29) is 17.8 Å². The highest BCUT2D eigenvalue weighted by molar-refractivity contribution is 7.99. The van der Waals surface area contributed by atoms with E-state index in [4.69, 9.17) is 4.74 Å². The number of halogens is 1. The number of hydrogen-bond donors (Lipinski definition) is 1. The molecule has 0 radical (unpaired) electrons. The number of hydrogen-bond acceptors (Lipinski definition) is 3. The summed E-state index contributed by atoms with van der Waals surface area (Å²) in [5, 5.41) is 3.08. The second-order valence-electron chi connectivity index (χ2n) is 6.24. The lowest BCUT2D eigenvalue weighted by Crippen LogP contribution is -2.29. The highest BCUT2D eigenvalue weighted by Gasteiger charge is 2.16. The summed E-state index contributed by atoms with van der Waals surface area (Å²) < 4.78 is 18.4. The van der Waals surface area contributed by atoms with Crippen LogP contribution < -0.4 is 10.1 Å². The van der Waals surface area contributed by atoms with Crippen LogP contribution in [0.25, 0.3) is 0 Å². The van der Waals surface area contributed by atoms with E-state index < -0.39 is 0 Å². The molecule has 0 saturated heterocycles. The van der Waals surface area contributed by atoms with Gasteiger partial charge >= 0.3 is 0 Å². The van der Waals surface area contributed by atoms with Crippen molar-refractivity contribution in [2.45, 2.75) is 17.4 Å². The van der Waals surface area contributed by atoms with Crippen LogP contribution in [0.1, 0.15) is 23.6 Å². The van der Waals surface area contributed by atoms with Gasteiger partial charge in [-0.25, -0.2) is 4.39 Å². The first kappa shape index (κ1) is 20.0. The Bertz CT molecular complexity index is 883. The Balaban J connectivity index is 1.61. The van der Waals surface area contributed by atoms with E-state index in [1.165, 1.54) is 12.1 Å². The van der Waals surface area contributed by atoms with Crippen LogP contribution in [0.5, 0.6) is 5.75 Å². The Hall–Kier alpha value is -2.79. The number of thioether (sulfide) groups is 1. The molecule has 1 amide bonds. The molecule has 1 N–H and O–H groups in total. The lowest BCUT2D eigenvalue weighted by atomic mass is 9.98. The molecule has 0 aromatic heterocycles. The predicted molar refractivity (Wildman–Crippen MR) is 111 cm³/mol. The first-order valence-corrected chi connectivity index (χ1v) is 10.0. The van der Waals surface area contributed by atoms with Crippen LogP contribution >= 0.6 is 11.8 Å². The minimum absolute atomic E-state index is 0.0424. The molecule has 1 unspecified atom stereocenters. The summed E-state index contributed by atoms with van der Waals surface area (Å²) in [5.41, 5.74) is 1.81. The van der Waals surface area contributed by atoms with Crippen LogP contribution in [0.3, 0.4) is 0 Å². The Morgan fingerprint density at radius 2 is 1.61 bits per heavy atom. The molecule has 5 heteroatoms. The van der Waals surface area contributed by atoms with Gasteiger partial charge in [-0.15, -0.1) is 11.8 Å². The summed E-state index contributed by atoms with van der Waals surface area (Å²) in [4.78, 5) is 13.6. The maximum Gasteiger partial charge on any atom is 0.221 e. The van der Waals surface area contributed by atoms with Gasteiger partial charge in [-0.1, -0.05) is 42.5 Å². The van der Waals surface area contributed by atoms with Gasteiger partial charge in [0.25, 0.3) is 0 Å². The molecular formula is C23H22FNO2S. The molecule has 0 aliphatic rings. The predicted octanol–water partition coefficient (Wildman–Crippen LogP) is 5.22. The fraction of sp³-hybridized carbons (Fsp3) is 0.174. The molecule has 3 nitrogen and oxygen atoms in total. The zero-order chi connectivity index (χ0) is 19.8. The van der Waals surface area contributed by atoms with E-state index in [9.17, 15) is 9.18 Å². The Labute approximate surface area is 168 Å². The monoisotopic (exact) mass is 395 g/mol. The van der Waals surface area contributed by atoms with Crippen LogP contribution in [0.4, 0.5) is 4.39 Å². The number of benzene rings is 3. The number of methoxy groups -OCH3 is 1. The fourth-order valence-electron chi connectivity index (χ4n) is 2.83. The molecule has 0 spiro atoms. The molecule has 0 fully saturated rings. The van der Waals surface area contributed by atoms with E-state index in [1.807, 2.05) is 54.6 Å². The van der Waals surface area contributed by atoms with E-state index >= 15 is 0 Å². The molecule has 1 atom stereocenters. The van der Waals surface area contributed by atoms with Gasteiger partial charge in [0.15, 0.2) is 0 Å². The largest absolute Gasteiger partial charge is 0.497 e. The molecule has 0 saturated carbocycles. The lowest BCUT2D eigenvalue weighted by Gasteiger charge is -2.20. The van der Waals surface area contributed by atoms with Crippen LogP contribution in [0, 0.1) is 5.82 Å². The van der Waals surface area contributed by atoms with Crippen molar-refractivity contribution in [1.82, 2.24) is 5.32 Å². The van der Waals surface area contributed by atoms with Gasteiger partial charge in [0.2, 0.25) is 5.91 Å². The van der Waals surface area contributed by atoms with E-state index in [0.717, 1.165) is 21.8 Å². The maximum absolute atomic E-state index is 13.3. The SMILES string of the molecule is COc1ccc(SCCC(=O)NC(c2ccccc2)c2ccc(F)cc2)cc1. The van der Waals surface area contributed by atoms with Crippen LogP contribution in [0.15, 0.2) is 83.8 Å². The number of rotatable bonds is 8. The molecule has 0 bridgehead atoms. The number of carbonyl (C=O) groups is 1. The van der Waals surface area contributed by atoms with Crippen molar-refractivity contribution in [3.8, 4) is 5.75 Å². The molecule has 0 aliphatic carbocycles. The van der Waals surface area contributed by atoms with Crippen LogP contribution in [-0.2, 0) is 4.79 Å². The van der Waals surface area contributed by atoms with Crippen LogP contribution in [0.2, 0.25) is 0 Å². The molecule has 144 valence electrons. The van der Waals surface area contributed by atoms with Crippen molar-refractivity contribution in [2.75, 3.05) is 12.9 Å². The molecule has 0 heterocycles. The van der Waals surface area contributed by atoms with Crippen molar-refractivity contribution < 1.29 is 13.9 Å². The summed E-state index contributed by atoms with van der Waals surface area (Å²) in [6.45, 7) is 0. The Morgan fingerprint density at radius 1 is 0.964 bits per heavy atom. The first-order valence-electron chi connectivity index (χ1n) is 9.02. The highest BCUT2D eigenvalue weighted by atomic mass is 32.2. The van der Waals surface area contributed by atoms with Gasteiger partial charge in [-0.05, 0) is 47.5 Å². The standard InChI is InChI=1S/C23H22FNO2S/c1-27-20-11-13-21(14-12-20)28-16-15-22(26)25-23(17-5-3-2-4-6-17)18-7-9-19(24)10-8-18/h2-14,23H,15-16H2,1H3,(H,25,26). The second kappa shape index (κ2) is 9.95. The topological polar surface area (TPSA) is 38.3 Å². The molecule has 0 aliphatic heterocycles.